The number of carbonyl (C=O) groups excluding carboxylic acids is 1. The first-order valence-corrected chi connectivity index (χ1v) is 6.91. The molecule has 3 N–H and O–H groups in total. The van der Waals surface area contributed by atoms with E-state index in [4.69, 9.17) is 5.73 Å². The number of hydrogen-bond donors (Lipinski definition) is 2. The zero-order valence-electron chi connectivity index (χ0n) is 12.6. The van der Waals surface area contributed by atoms with E-state index in [0.29, 0.717) is 23.5 Å². The van der Waals surface area contributed by atoms with Crippen molar-refractivity contribution in [1.82, 2.24) is 0 Å². The van der Waals surface area contributed by atoms with Crippen LogP contribution in [0.4, 0.5) is 11.4 Å². The summed E-state index contributed by atoms with van der Waals surface area (Å²) in [5.74, 6) is 0.0298. The summed E-state index contributed by atoms with van der Waals surface area (Å²) >= 11 is 0. The van der Waals surface area contributed by atoms with Crippen molar-refractivity contribution < 1.29 is 9.90 Å². The third-order valence-corrected chi connectivity index (χ3v) is 3.54. The molecule has 0 heterocycles. The van der Waals surface area contributed by atoms with Crippen LogP contribution in [0.25, 0.3) is 0 Å². The maximum Gasteiger partial charge on any atom is 0.258 e. The van der Waals surface area contributed by atoms with Crippen LogP contribution in [0.3, 0.4) is 0 Å². The number of rotatable bonds is 3. The van der Waals surface area contributed by atoms with E-state index in [0.717, 1.165) is 11.1 Å². The molecule has 2 rings (SSSR count). The number of aromatic hydroxyl groups is 1. The summed E-state index contributed by atoms with van der Waals surface area (Å²) in [4.78, 5) is 14.5. The number of aryl methyl sites for hydroxylation is 2. The molecule has 2 aromatic rings. The largest absolute Gasteiger partial charge is 0.508 e. The fraction of sp³-hybridized carbons (Fsp3) is 0.235. The van der Waals surface area contributed by atoms with Crippen LogP contribution in [0.5, 0.6) is 5.75 Å². The van der Waals surface area contributed by atoms with E-state index in [1.807, 2.05) is 26.8 Å². The summed E-state index contributed by atoms with van der Waals surface area (Å²) in [6.45, 7) is 6.22. The molecule has 0 radical (unpaired) electrons. The van der Waals surface area contributed by atoms with Gasteiger partial charge in [0.05, 0.1) is 5.69 Å². The summed E-state index contributed by atoms with van der Waals surface area (Å²) in [5, 5.41) is 9.68. The lowest BCUT2D eigenvalue weighted by molar-refractivity contribution is 0.0987. The molecule has 0 fully saturated rings. The molecule has 0 bridgehead atoms. The van der Waals surface area contributed by atoms with Crippen LogP contribution in [0, 0.1) is 13.8 Å². The Morgan fingerprint density at radius 1 is 1.14 bits per heavy atom. The van der Waals surface area contributed by atoms with Crippen LogP contribution < -0.4 is 10.6 Å². The molecular formula is C17H20N2O2. The topological polar surface area (TPSA) is 66.6 Å². The summed E-state index contributed by atoms with van der Waals surface area (Å²) in [6.07, 6.45) is 0. The van der Waals surface area contributed by atoms with Gasteiger partial charge in [0.25, 0.3) is 5.91 Å². The lowest BCUT2D eigenvalue weighted by Gasteiger charge is -2.24. The Balaban J connectivity index is 2.48. The second kappa shape index (κ2) is 5.87. The Morgan fingerprint density at radius 2 is 1.81 bits per heavy atom. The van der Waals surface area contributed by atoms with Gasteiger partial charge in [-0.05, 0) is 50.1 Å². The highest BCUT2D eigenvalue weighted by atomic mass is 16.3. The predicted molar refractivity (Wildman–Crippen MR) is 85.8 cm³/mol. The zero-order valence-corrected chi connectivity index (χ0v) is 12.6. The van der Waals surface area contributed by atoms with Gasteiger partial charge in [0.1, 0.15) is 5.75 Å². The number of nitrogen functional groups attached to an aromatic ring is 1. The number of nitrogens with two attached hydrogens (primary N) is 1. The number of amides is 1. The maximum absolute atomic E-state index is 12.8. The minimum atomic E-state index is -0.115. The third kappa shape index (κ3) is 2.99. The van der Waals surface area contributed by atoms with Gasteiger partial charge in [0.2, 0.25) is 0 Å². The summed E-state index contributed by atoms with van der Waals surface area (Å²) in [6, 6.07) is 10.3. The van der Waals surface area contributed by atoms with Crippen LogP contribution in [0.1, 0.15) is 28.4 Å². The van der Waals surface area contributed by atoms with E-state index in [1.54, 1.807) is 35.2 Å². The van der Waals surface area contributed by atoms with Gasteiger partial charge in [-0.15, -0.1) is 0 Å². The van der Waals surface area contributed by atoms with Gasteiger partial charge in [-0.25, -0.2) is 0 Å². The summed E-state index contributed by atoms with van der Waals surface area (Å²) in [5.41, 5.74) is 9.46. The van der Waals surface area contributed by atoms with Crippen molar-refractivity contribution in [1.29, 1.82) is 0 Å². The molecule has 0 atom stereocenters. The second-order valence-corrected chi connectivity index (χ2v) is 5.09. The minimum absolute atomic E-state index is 0.115. The Hall–Kier alpha value is -2.49. The zero-order chi connectivity index (χ0) is 15.6. The quantitative estimate of drug-likeness (QED) is 0.850. The van der Waals surface area contributed by atoms with Crippen LogP contribution in [-0.4, -0.2) is 17.6 Å². The number of phenols is 1. The standard InChI is InChI=1S/C17H20N2O2/c1-4-19(16-10-14(20)8-6-12(16)3)17(21)15-9-13(18)7-5-11(15)2/h5-10,20H,4,18H2,1-3H3. The molecule has 0 saturated heterocycles. The van der Waals surface area contributed by atoms with Crippen LogP contribution >= 0.6 is 0 Å². The molecule has 21 heavy (non-hydrogen) atoms. The first-order chi connectivity index (χ1) is 9.93. The van der Waals surface area contributed by atoms with Gasteiger partial charge in [-0.2, -0.15) is 0 Å². The normalized spacial score (nSPS) is 10.4. The van der Waals surface area contributed by atoms with Crippen LogP contribution in [-0.2, 0) is 0 Å². The van der Waals surface area contributed by atoms with Crippen molar-refractivity contribution in [2.45, 2.75) is 20.8 Å². The highest BCUT2D eigenvalue weighted by molar-refractivity contribution is 6.07. The van der Waals surface area contributed by atoms with Gasteiger partial charge < -0.3 is 15.7 Å². The lowest BCUT2D eigenvalue weighted by Crippen LogP contribution is -2.31. The number of benzene rings is 2. The number of hydrogen-bond acceptors (Lipinski definition) is 3. The molecule has 110 valence electrons. The van der Waals surface area contributed by atoms with Crippen molar-refractivity contribution in [3.63, 3.8) is 0 Å². The number of carbonyl (C=O) groups is 1. The fourth-order valence-electron chi connectivity index (χ4n) is 2.33. The molecular weight excluding hydrogens is 264 g/mol. The van der Waals surface area contributed by atoms with Crippen molar-refractivity contribution in [3.8, 4) is 5.75 Å². The molecule has 0 saturated carbocycles. The van der Waals surface area contributed by atoms with Crippen molar-refractivity contribution in [3.05, 3.63) is 53.1 Å². The molecule has 4 nitrogen and oxygen atoms in total. The van der Waals surface area contributed by atoms with Gasteiger partial charge in [-0.3, -0.25) is 4.79 Å². The number of anilines is 2. The minimum Gasteiger partial charge on any atom is -0.508 e. The highest BCUT2D eigenvalue weighted by Crippen LogP contribution is 2.27. The Kier molecular flexibility index (Phi) is 4.17. The van der Waals surface area contributed by atoms with Crippen LogP contribution in [0.2, 0.25) is 0 Å². The first kappa shape index (κ1) is 14.9. The predicted octanol–water partition coefficient (Wildman–Crippen LogP) is 3.26. The van der Waals surface area contributed by atoms with Crippen LogP contribution in [0.15, 0.2) is 36.4 Å². The molecule has 1 amide bonds. The first-order valence-electron chi connectivity index (χ1n) is 6.91. The maximum atomic E-state index is 12.8. The Morgan fingerprint density at radius 3 is 2.48 bits per heavy atom. The van der Waals surface area contributed by atoms with E-state index >= 15 is 0 Å². The monoisotopic (exact) mass is 284 g/mol. The van der Waals surface area contributed by atoms with Gasteiger partial charge >= 0.3 is 0 Å². The van der Waals surface area contributed by atoms with Gasteiger partial charge in [0, 0.05) is 23.9 Å². The SMILES string of the molecule is CCN(C(=O)c1cc(N)ccc1C)c1cc(O)ccc1C. The fourth-order valence-corrected chi connectivity index (χ4v) is 2.33. The van der Waals surface area contributed by atoms with E-state index in [1.165, 1.54) is 0 Å². The summed E-state index contributed by atoms with van der Waals surface area (Å²) < 4.78 is 0. The lowest BCUT2D eigenvalue weighted by atomic mass is 10.1. The second-order valence-electron chi connectivity index (χ2n) is 5.09. The number of phenolic OH excluding ortho intramolecular Hbond substituents is 1. The van der Waals surface area contributed by atoms with E-state index < -0.39 is 0 Å². The van der Waals surface area contributed by atoms with Crippen molar-refractivity contribution >= 4 is 17.3 Å². The Bertz CT molecular complexity index is 680. The average Bonchev–Trinajstić information content (AvgIpc) is 2.46. The van der Waals surface area contributed by atoms with E-state index in [-0.39, 0.29) is 11.7 Å². The third-order valence-electron chi connectivity index (χ3n) is 3.54. The smallest absolute Gasteiger partial charge is 0.258 e. The molecule has 4 heteroatoms. The van der Waals surface area contributed by atoms with Gasteiger partial charge in [0.15, 0.2) is 0 Å². The van der Waals surface area contributed by atoms with Gasteiger partial charge in [-0.1, -0.05) is 12.1 Å². The van der Waals surface area contributed by atoms with Crippen molar-refractivity contribution in [2.75, 3.05) is 17.2 Å². The summed E-state index contributed by atoms with van der Waals surface area (Å²) in [7, 11) is 0. The molecule has 0 aromatic heterocycles. The van der Waals surface area contributed by atoms with Crippen molar-refractivity contribution in [2.24, 2.45) is 0 Å². The highest BCUT2D eigenvalue weighted by Gasteiger charge is 2.20. The molecule has 0 aliphatic rings. The molecule has 2 aromatic carbocycles. The molecule has 0 spiro atoms. The molecule has 0 unspecified atom stereocenters. The van der Waals surface area contributed by atoms with E-state index in [2.05, 4.69) is 0 Å². The average molecular weight is 284 g/mol. The molecule has 0 aliphatic carbocycles. The van der Waals surface area contributed by atoms with E-state index in [9.17, 15) is 9.90 Å². The Labute approximate surface area is 124 Å². The number of nitrogens with zero attached hydrogens (tertiary/aromatic N) is 1. The molecule has 0 aliphatic heterocycles.